The molecule has 1 fully saturated rings. The van der Waals surface area contributed by atoms with Crippen molar-refractivity contribution < 1.29 is 4.79 Å². The Hall–Kier alpha value is -3.10. The average Bonchev–Trinajstić information content (AvgIpc) is 3.60. The van der Waals surface area contributed by atoms with Crippen LogP contribution in [0.2, 0.25) is 0 Å². The van der Waals surface area contributed by atoms with Crippen molar-refractivity contribution in [2.75, 3.05) is 11.1 Å². The molecule has 4 nitrogen and oxygen atoms in total. The third-order valence-corrected chi connectivity index (χ3v) is 5.83. The molecule has 0 spiro atoms. The maximum absolute atomic E-state index is 12.3. The molecule has 2 aromatic carbocycles. The van der Waals surface area contributed by atoms with E-state index in [2.05, 4.69) is 28.5 Å². The van der Waals surface area contributed by atoms with Gasteiger partial charge in [-0.1, -0.05) is 42.5 Å². The van der Waals surface area contributed by atoms with Crippen molar-refractivity contribution in [1.82, 2.24) is 4.98 Å². The van der Waals surface area contributed by atoms with Gasteiger partial charge in [0.05, 0.1) is 5.56 Å². The number of pyridine rings is 1. The summed E-state index contributed by atoms with van der Waals surface area (Å²) in [6.07, 6.45) is 2.72. The molecule has 1 saturated carbocycles. The van der Waals surface area contributed by atoms with E-state index in [0.717, 1.165) is 27.5 Å². The van der Waals surface area contributed by atoms with Crippen molar-refractivity contribution in [3.8, 4) is 17.2 Å². The fourth-order valence-corrected chi connectivity index (χ4v) is 4.02. The van der Waals surface area contributed by atoms with E-state index < -0.39 is 0 Å². The Bertz CT molecular complexity index is 1040. The Morgan fingerprint density at radius 2 is 1.76 bits per heavy atom. The third-order valence-electron chi connectivity index (χ3n) is 4.84. The van der Waals surface area contributed by atoms with E-state index >= 15 is 0 Å². The first kappa shape index (κ1) is 19.2. The van der Waals surface area contributed by atoms with Crippen LogP contribution in [0.5, 0.6) is 0 Å². The summed E-state index contributed by atoms with van der Waals surface area (Å²) in [5.41, 5.74) is 4.69. The van der Waals surface area contributed by atoms with Crippen molar-refractivity contribution in [2.45, 2.75) is 30.2 Å². The van der Waals surface area contributed by atoms with Gasteiger partial charge in [-0.25, -0.2) is 4.98 Å². The second kappa shape index (κ2) is 8.93. The molecule has 29 heavy (non-hydrogen) atoms. The second-order valence-electron chi connectivity index (χ2n) is 7.06. The third kappa shape index (κ3) is 5.04. The Kier molecular flexibility index (Phi) is 5.92. The highest BCUT2D eigenvalue weighted by atomic mass is 32.2. The maximum Gasteiger partial charge on any atom is 0.225 e. The molecule has 1 aromatic heterocycles. The summed E-state index contributed by atoms with van der Waals surface area (Å²) >= 11 is 1.48. The molecule has 1 N–H and O–H groups in total. The zero-order chi connectivity index (χ0) is 20.1. The number of nitrogens with one attached hydrogen (secondary N) is 1. The normalized spacial score (nSPS) is 12.9. The van der Waals surface area contributed by atoms with Crippen LogP contribution in [0.1, 0.15) is 36.4 Å². The molecule has 0 aliphatic heterocycles. The summed E-state index contributed by atoms with van der Waals surface area (Å²) in [7, 11) is 0. The highest BCUT2D eigenvalue weighted by Gasteiger charge is 2.25. The molecule has 4 rings (SSSR count). The van der Waals surface area contributed by atoms with E-state index in [4.69, 9.17) is 0 Å². The number of hydrogen-bond acceptors (Lipinski definition) is 4. The molecule has 3 aromatic rings. The van der Waals surface area contributed by atoms with Crippen LogP contribution in [0.4, 0.5) is 5.69 Å². The summed E-state index contributed by atoms with van der Waals surface area (Å²) in [5.74, 6) is 1.09. The monoisotopic (exact) mass is 399 g/mol. The maximum atomic E-state index is 12.3. The lowest BCUT2D eigenvalue weighted by molar-refractivity contribution is -0.115. The molecule has 1 heterocycles. The largest absolute Gasteiger partial charge is 0.326 e. The van der Waals surface area contributed by atoms with Gasteiger partial charge in [0, 0.05) is 29.5 Å². The number of carbonyl (C=O) groups is 1. The van der Waals surface area contributed by atoms with Crippen LogP contribution in [-0.4, -0.2) is 16.6 Å². The number of hydrogen-bond donors (Lipinski definition) is 1. The lowest BCUT2D eigenvalue weighted by atomic mass is 10.1. The SMILES string of the molecule is N#Cc1ccc(C2CC2)nc1SCCC(=O)Nc1ccc(-c2ccccc2)cc1. The Labute approximate surface area is 175 Å². The van der Waals surface area contributed by atoms with Gasteiger partial charge in [0.25, 0.3) is 0 Å². The number of thioether (sulfide) groups is 1. The number of rotatable bonds is 7. The van der Waals surface area contributed by atoms with E-state index in [1.807, 2.05) is 54.6 Å². The Balaban J connectivity index is 1.30. The molecular formula is C24H21N3OS. The molecule has 0 unspecified atom stereocenters. The lowest BCUT2D eigenvalue weighted by Gasteiger charge is -2.08. The van der Waals surface area contributed by atoms with Crippen LogP contribution in [-0.2, 0) is 4.79 Å². The first-order chi connectivity index (χ1) is 14.2. The summed E-state index contributed by atoms with van der Waals surface area (Å²) < 4.78 is 0. The first-order valence-electron chi connectivity index (χ1n) is 9.72. The zero-order valence-electron chi connectivity index (χ0n) is 16.0. The van der Waals surface area contributed by atoms with Gasteiger partial charge < -0.3 is 5.32 Å². The summed E-state index contributed by atoms with van der Waals surface area (Å²) in [4.78, 5) is 16.9. The van der Waals surface area contributed by atoms with E-state index in [0.29, 0.717) is 23.7 Å². The number of nitrogens with zero attached hydrogens (tertiary/aromatic N) is 2. The summed E-state index contributed by atoms with van der Waals surface area (Å²) in [6.45, 7) is 0. The smallest absolute Gasteiger partial charge is 0.225 e. The van der Waals surface area contributed by atoms with Gasteiger partial charge in [-0.2, -0.15) is 5.26 Å². The lowest BCUT2D eigenvalue weighted by Crippen LogP contribution is -2.12. The van der Waals surface area contributed by atoms with Crippen LogP contribution < -0.4 is 5.32 Å². The highest BCUT2D eigenvalue weighted by molar-refractivity contribution is 7.99. The second-order valence-corrected chi connectivity index (χ2v) is 8.15. The number of carbonyl (C=O) groups excluding carboxylic acids is 1. The van der Waals surface area contributed by atoms with Gasteiger partial charge in [-0.3, -0.25) is 4.79 Å². The van der Waals surface area contributed by atoms with Crippen molar-refractivity contribution in [2.24, 2.45) is 0 Å². The fourth-order valence-electron chi connectivity index (χ4n) is 3.10. The number of anilines is 1. The van der Waals surface area contributed by atoms with E-state index in [1.54, 1.807) is 0 Å². The molecule has 144 valence electrons. The number of benzene rings is 2. The van der Waals surface area contributed by atoms with Crippen LogP contribution in [0.25, 0.3) is 11.1 Å². The van der Waals surface area contributed by atoms with Gasteiger partial charge in [0.15, 0.2) is 0 Å². The molecule has 5 heteroatoms. The van der Waals surface area contributed by atoms with Gasteiger partial charge in [-0.15, -0.1) is 11.8 Å². The molecule has 1 aliphatic carbocycles. The van der Waals surface area contributed by atoms with Crippen LogP contribution >= 0.6 is 11.8 Å². The van der Waals surface area contributed by atoms with E-state index in [1.165, 1.54) is 24.6 Å². The molecule has 1 amide bonds. The fraction of sp³-hybridized carbons (Fsp3) is 0.208. The predicted molar refractivity (Wildman–Crippen MR) is 117 cm³/mol. The first-order valence-corrected chi connectivity index (χ1v) is 10.7. The van der Waals surface area contributed by atoms with Crippen molar-refractivity contribution in [3.63, 3.8) is 0 Å². The minimum Gasteiger partial charge on any atom is -0.326 e. The number of aromatic nitrogens is 1. The van der Waals surface area contributed by atoms with Gasteiger partial charge in [0.1, 0.15) is 11.1 Å². The zero-order valence-corrected chi connectivity index (χ0v) is 16.8. The van der Waals surface area contributed by atoms with Crippen molar-refractivity contribution in [3.05, 3.63) is 78.0 Å². The topological polar surface area (TPSA) is 65.8 Å². The standard InChI is InChI=1S/C24H21N3OS/c25-16-20-10-13-22(19-6-7-19)27-24(20)29-15-14-23(28)26-21-11-8-18(9-12-21)17-4-2-1-3-5-17/h1-5,8-13,19H,6-7,14-15H2,(H,26,28). The molecule has 0 radical (unpaired) electrons. The summed E-state index contributed by atoms with van der Waals surface area (Å²) in [5, 5.41) is 13.0. The minimum atomic E-state index is -0.0400. The molecule has 0 atom stereocenters. The quantitative estimate of drug-likeness (QED) is 0.524. The molecule has 1 aliphatic rings. The van der Waals surface area contributed by atoms with Crippen molar-refractivity contribution >= 4 is 23.4 Å². The Morgan fingerprint density at radius 1 is 1.03 bits per heavy atom. The molecule has 0 saturated heterocycles. The van der Waals surface area contributed by atoms with Crippen LogP contribution in [0, 0.1) is 11.3 Å². The van der Waals surface area contributed by atoms with Gasteiger partial charge in [-0.05, 0) is 48.2 Å². The summed E-state index contributed by atoms with van der Waals surface area (Å²) in [6, 6.07) is 24.0. The Morgan fingerprint density at radius 3 is 2.45 bits per heavy atom. The average molecular weight is 400 g/mol. The van der Waals surface area contributed by atoms with Crippen LogP contribution in [0.3, 0.4) is 0 Å². The van der Waals surface area contributed by atoms with E-state index in [-0.39, 0.29) is 5.91 Å². The van der Waals surface area contributed by atoms with Crippen molar-refractivity contribution in [1.29, 1.82) is 5.26 Å². The van der Waals surface area contributed by atoms with Gasteiger partial charge >= 0.3 is 0 Å². The predicted octanol–water partition coefficient (Wildman–Crippen LogP) is 5.62. The molecule has 0 bridgehead atoms. The molecular weight excluding hydrogens is 378 g/mol. The number of amides is 1. The highest BCUT2D eigenvalue weighted by Crippen LogP contribution is 2.40. The van der Waals surface area contributed by atoms with Crippen LogP contribution in [0.15, 0.2) is 71.8 Å². The van der Waals surface area contributed by atoms with Gasteiger partial charge in [0.2, 0.25) is 5.91 Å². The van der Waals surface area contributed by atoms with E-state index in [9.17, 15) is 10.1 Å². The number of nitriles is 1. The minimum absolute atomic E-state index is 0.0400.